The van der Waals surface area contributed by atoms with Crippen molar-refractivity contribution in [2.24, 2.45) is 5.92 Å². The molecule has 0 fully saturated rings. The van der Waals surface area contributed by atoms with E-state index in [1.165, 1.54) is 12.2 Å². The number of allylic oxidation sites excluding steroid dienone is 7. The Balaban J connectivity index is 2.51. The molecule has 6 heteroatoms. The first-order valence-electron chi connectivity index (χ1n) is 5.76. The third-order valence-corrected chi connectivity index (χ3v) is 3.90. The number of carboxylic acids is 2. The second-order valence-corrected chi connectivity index (χ2v) is 5.21. The highest BCUT2D eigenvalue weighted by Gasteiger charge is 2.36. The summed E-state index contributed by atoms with van der Waals surface area (Å²) in [6, 6.07) is 0. The molecule has 4 nitrogen and oxygen atoms in total. The summed E-state index contributed by atoms with van der Waals surface area (Å²) >= 11 is 10.4. The molecule has 0 aromatic heterocycles. The van der Waals surface area contributed by atoms with Crippen molar-refractivity contribution in [1.82, 2.24) is 0 Å². The molecule has 0 aliphatic heterocycles. The van der Waals surface area contributed by atoms with Gasteiger partial charge in [-0.3, -0.25) is 4.79 Å². The molecule has 102 valence electrons. The number of carbonyl (C=O) groups is 2. The molecule has 0 bridgehead atoms. The summed E-state index contributed by atoms with van der Waals surface area (Å²) in [5.74, 6) is -3.88. The largest absolute Gasteiger partial charge is 0.481 e. The lowest BCUT2D eigenvalue weighted by molar-refractivity contribution is -0.141. The summed E-state index contributed by atoms with van der Waals surface area (Å²) in [5, 5.41) is 18.3. The van der Waals surface area contributed by atoms with Gasteiger partial charge in [-0.1, -0.05) is 48.7 Å². The van der Waals surface area contributed by atoms with Gasteiger partial charge in [-0.05, 0) is 17.2 Å². The van der Waals surface area contributed by atoms with Crippen molar-refractivity contribution in [2.75, 3.05) is 0 Å². The van der Waals surface area contributed by atoms with Gasteiger partial charge in [0.25, 0.3) is 0 Å². The molecule has 0 spiro atoms. The quantitative estimate of drug-likeness (QED) is 0.779. The molecule has 2 N–H and O–H groups in total. The van der Waals surface area contributed by atoms with E-state index >= 15 is 0 Å². The summed E-state index contributed by atoms with van der Waals surface area (Å²) in [4.78, 5) is 23.1. The maximum absolute atomic E-state index is 11.3. The van der Waals surface area contributed by atoms with Gasteiger partial charge in [-0.2, -0.15) is 0 Å². The van der Waals surface area contributed by atoms with E-state index in [1.807, 2.05) is 12.2 Å². The van der Waals surface area contributed by atoms with Crippen LogP contribution in [0.15, 0.2) is 47.1 Å². The SMILES string of the molecule is O=C(O)C1=CC=C(C2=CC=CCC2=S)C(=S)C1C(=O)O. The highest BCUT2D eigenvalue weighted by Crippen LogP contribution is 2.30. The second-order valence-electron chi connectivity index (χ2n) is 4.28. The zero-order chi connectivity index (χ0) is 14.9. The number of carboxylic acid groups (broad SMARTS) is 2. The lowest BCUT2D eigenvalue weighted by atomic mass is 9.82. The van der Waals surface area contributed by atoms with Crippen LogP contribution in [0.25, 0.3) is 0 Å². The standard InChI is InChI=1S/C14H10O4S2/c15-13(16)9-6-5-8(12(20)11(9)14(17)18)7-3-1-2-4-10(7)19/h1-3,5-6,11H,4H2,(H,15,16)(H,17,18). The Morgan fingerprint density at radius 3 is 2.35 bits per heavy atom. The van der Waals surface area contributed by atoms with Crippen LogP contribution in [0.1, 0.15) is 6.42 Å². The number of hydrogen-bond acceptors (Lipinski definition) is 4. The Morgan fingerprint density at radius 2 is 1.80 bits per heavy atom. The molecule has 0 aromatic carbocycles. The summed E-state index contributed by atoms with van der Waals surface area (Å²) in [6.07, 6.45) is 8.89. The molecule has 2 aliphatic rings. The topological polar surface area (TPSA) is 74.6 Å². The van der Waals surface area contributed by atoms with Gasteiger partial charge in [0, 0.05) is 16.1 Å². The van der Waals surface area contributed by atoms with E-state index < -0.39 is 17.9 Å². The molecule has 2 aliphatic carbocycles. The molecule has 0 saturated heterocycles. The zero-order valence-electron chi connectivity index (χ0n) is 10.2. The summed E-state index contributed by atoms with van der Waals surface area (Å²) in [7, 11) is 0. The van der Waals surface area contributed by atoms with Crippen molar-refractivity contribution in [1.29, 1.82) is 0 Å². The predicted octanol–water partition coefficient (Wildman–Crippen LogP) is 2.26. The first-order valence-corrected chi connectivity index (χ1v) is 6.57. The molecule has 0 heterocycles. The average molecular weight is 306 g/mol. The monoisotopic (exact) mass is 306 g/mol. The van der Waals surface area contributed by atoms with Crippen LogP contribution in [-0.2, 0) is 9.59 Å². The summed E-state index contributed by atoms with van der Waals surface area (Å²) < 4.78 is 0. The van der Waals surface area contributed by atoms with Crippen LogP contribution in [-0.4, -0.2) is 31.9 Å². The average Bonchev–Trinajstić information content (AvgIpc) is 2.38. The van der Waals surface area contributed by atoms with Gasteiger partial charge in [-0.15, -0.1) is 0 Å². The first kappa shape index (κ1) is 14.5. The van der Waals surface area contributed by atoms with E-state index in [-0.39, 0.29) is 10.4 Å². The molecular weight excluding hydrogens is 296 g/mol. The third-order valence-electron chi connectivity index (χ3n) is 3.05. The van der Waals surface area contributed by atoms with Gasteiger partial charge in [0.05, 0.1) is 5.57 Å². The fourth-order valence-electron chi connectivity index (χ4n) is 2.09. The minimum Gasteiger partial charge on any atom is -0.481 e. The van der Waals surface area contributed by atoms with Crippen LogP contribution >= 0.6 is 24.4 Å². The van der Waals surface area contributed by atoms with E-state index in [0.29, 0.717) is 22.4 Å². The van der Waals surface area contributed by atoms with Crippen molar-refractivity contribution < 1.29 is 19.8 Å². The van der Waals surface area contributed by atoms with E-state index in [0.717, 1.165) is 0 Å². The van der Waals surface area contributed by atoms with Crippen LogP contribution in [0.3, 0.4) is 0 Å². The van der Waals surface area contributed by atoms with Gasteiger partial charge in [-0.25, -0.2) is 4.79 Å². The van der Waals surface area contributed by atoms with Gasteiger partial charge >= 0.3 is 11.9 Å². The molecule has 1 atom stereocenters. The van der Waals surface area contributed by atoms with Crippen molar-refractivity contribution in [3.63, 3.8) is 0 Å². The van der Waals surface area contributed by atoms with Crippen LogP contribution in [0.4, 0.5) is 0 Å². The van der Waals surface area contributed by atoms with Gasteiger partial charge < -0.3 is 10.2 Å². The molecular formula is C14H10O4S2. The van der Waals surface area contributed by atoms with Gasteiger partial charge in [0.2, 0.25) is 0 Å². The second kappa shape index (κ2) is 5.60. The lowest BCUT2D eigenvalue weighted by Gasteiger charge is -2.23. The van der Waals surface area contributed by atoms with Crippen molar-refractivity contribution in [2.45, 2.75) is 6.42 Å². The Morgan fingerprint density at radius 1 is 1.10 bits per heavy atom. The Labute approximate surface area is 125 Å². The summed E-state index contributed by atoms with van der Waals surface area (Å²) in [5.41, 5.74) is 0.982. The molecule has 0 radical (unpaired) electrons. The van der Waals surface area contributed by atoms with Crippen LogP contribution in [0.2, 0.25) is 0 Å². The normalized spacial score (nSPS) is 22.0. The zero-order valence-corrected chi connectivity index (χ0v) is 11.8. The van der Waals surface area contributed by atoms with Crippen LogP contribution in [0, 0.1) is 5.92 Å². The van der Waals surface area contributed by atoms with E-state index in [9.17, 15) is 14.7 Å². The molecule has 1 unspecified atom stereocenters. The Hall–Kier alpha value is -1.92. The van der Waals surface area contributed by atoms with Gasteiger partial charge in [0.1, 0.15) is 5.92 Å². The number of hydrogen-bond donors (Lipinski definition) is 2. The highest BCUT2D eigenvalue weighted by atomic mass is 32.1. The third kappa shape index (κ3) is 2.52. The van der Waals surface area contributed by atoms with Crippen LogP contribution < -0.4 is 0 Å². The number of thiocarbonyl (C=S) groups is 2. The van der Waals surface area contributed by atoms with E-state index in [1.54, 1.807) is 6.08 Å². The molecule has 0 aromatic rings. The minimum absolute atomic E-state index is 0.0845. The van der Waals surface area contributed by atoms with Crippen molar-refractivity contribution in [3.8, 4) is 0 Å². The Kier molecular flexibility index (Phi) is 4.06. The number of rotatable bonds is 3. The summed E-state index contributed by atoms with van der Waals surface area (Å²) in [6.45, 7) is 0. The molecule has 0 saturated carbocycles. The molecule has 0 amide bonds. The van der Waals surface area contributed by atoms with Crippen molar-refractivity contribution in [3.05, 3.63) is 47.1 Å². The van der Waals surface area contributed by atoms with Crippen LogP contribution in [0.5, 0.6) is 0 Å². The molecule has 2 rings (SSSR count). The lowest BCUT2D eigenvalue weighted by Crippen LogP contribution is -2.32. The van der Waals surface area contributed by atoms with E-state index in [4.69, 9.17) is 29.5 Å². The maximum atomic E-state index is 11.3. The fraction of sp³-hybridized carbons (Fsp3) is 0.143. The Bertz CT molecular complexity index is 650. The van der Waals surface area contributed by atoms with E-state index in [2.05, 4.69) is 0 Å². The maximum Gasteiger partial charge on any atom is 0.332 e. The fourth-order valence-corrected chi connectivity index (χ4v) is 2.77. The van der Waals surface area contributed by atoms with Gasteiger partial charge in [0.15, 0.2) is 0 Å². The minimum atomic E-state index is -1.32. The first-order chi connectivity index (χ1) is 9.43. The number of aliphatic carboxylic acids is 2. The smallest absolute Gasteiger partial charge is 0.332 e. The van der Waals surface area contributed by atoms with Crippen molar-refractivity contribution >= 4 is 46.1 Å². The highest BCUT2D eigenvalue weighted by molar-refractivity contribution is 7.81. The molecule has 20 heavy (non-hydrogen) atoms. The predicted molar refractivity (Wildman–Crippen MR) is 82.0 cm³/mol.